The van der Waals surface area contributed by atoms with E-state index >= 15 is 0 Å². The Morgan fingerprint density at radius 2 is 0.920 bits per heavy atom. The van der Waals surface area contributed by atoms with E-state index in [1.54, 1.807) is 0 Å². The number of aliphatic carboxylic acids is 1. The van der Waals surface area contributed by atoms with E-state index in [9.17, 15) is 18.3 Å². The summed E-state index contributed by atoms with van der Waals surface area (Å²) in [6, 6.07) is 0. The molecule has 0 bridgehead atoms. The second kappa shape index (κ2) is 19.2. The summed E-state index contributed by atoms with van der Waals surface area (Å²) in [5, 5.41) is 10.2. The zero-order valence-corrected chi connectivity index (χ0v) is 18.8. The molecule has 5 nitrogen and oxygen atoms in total. The Kier molecular flexibility index (Phi) is 21.1. The number of carbonyl (C=O) groups is 1. The van der Waals surface area contributed by atoms with Gasteiger partial charge in [0.05, 0.1) is 5.75 Å². The van der Waals surface area contributed by atoms with Gasteiger partial charge in [0.15, 0.2) is 0 Å². The smallest absolute Gasteiger partial charge is 0.550 e. The molecule has 7 heteroatoms. The fraction of sp³-hybridized carbons (Fsp3) is 0.944. The van der Waals surface area contributed by atoms with Gasteiger partial charge >= 0.3 is 29.6 Å². The first-order valence-electron chi connectivity index (χ1n) is 9.57. The average molecular weight is 387 g/mol. The second-order valence-electron chi connectivity index (χ2n) is 6.71. The molecule has 0 spiro atoms. The molecule has 25 heavy (non-hydrogen) atoms. The molecule has 0 aliphatic rings. The molecule has 1 N–H and O–H groups in total. The molecule has 0 atom stereocenters. The summed E-state index contributed by atoms with van der Waals surface area (Å²) < 4.78 is 29.7. The van der Waals surface area contributed by atoms with Gasteiger partial charge in [-0.1, -0.05) is 83.5 Å². The molecule has 0 heterocycles. The number of hydrogen-bond donors (Lipinski definition) is 1. The first-order valence-corrected chi connectivity index (χ1v) is 11.2. The molecule has 0 aliphatic carbocycles. The van der Waals surface area contributed by atoms with E-state index in [1.165, 1.54) is 51.4 Å². The topological polar surface area (TPSA) is 94.5 Å². The number of rotatable bonds is 18. The minimum absolute atomic E-state index is 0. The third kappa shape index (κ3) is 26.7. The first kappa shape index (κ1) is 27.6. The molecule has 0 aromatic heterocycles. The fourth-order valence-electron chi connectivity index (χ4n) is 2.85. The summed E-state index contributed by atoms with van der Waals surface area (Å²) in [4.78, 5) is 10.2. The van der Waals surface area contributed by atoms with Gasteiger partial charge in [-0.3, -0.25) is 4.55 Å². The molecule has 0 saturated heterocycles. The number of carboxylic acids is 1. The summed E-state index contributed by atoms with van der Waals surface area (Å²) in [5.41, 5.74) is 0. The number of carboxylic acid groups (broad SMARTS) is 1. The van der Waals surface area contributed by atoms with Crippen LogP contribution in [0, 0.1) is 0 Å². The van der Waals surface area contributed by atoms with Crippen molar-refractivity contribution >= 4 is 16.1 Å². The SMILES string of the molecule is O=C([O-])CCCCCCCCCCCCCCCCCS(=O)(=O)O.[Na+]. The Morgan fingerprint density at radius 3 is 1.20 bits per heavy atom. The number of unbranched alkanes of at least 4 members (excludes halogenated alkanes) is 14. The molecule has 0 rings (SSSR count). The van der Waals surface area contributed by atoms with E-state index in [0.717, 1.165) is 38.5 Å². The van der Waals surface area contributed by atoms with Crippen molar-refractivity contribution in [2.45, 2.75) is 103 Å². The molecule has 0 aromatic rings. The summed E-state index contributed by atoms with van der Waals surface area (Å²) in [5.74, 6) is -1.04. The summed E-state index contributed by atoms with van der Waals surface area (Å²) >= 11 is 0. The van der Waals surface area contributed by atoms with Gasteiger partial charge in [0.1, 0.15) is 0 Å². The van der Waals surface area contributed by atoms with Crippen molar-refractivity contribution in [3.63, 3.8) is 0 Å². The van der Waals surface area contributed by atoms with Crippen molar-refractivity contribution in [1.82, 2.24) is 0 Å². The van der Waals surface area contributed by atoms with Gasteiger partial charge in [-0.15, -0.1) is 0 Å². The van der Waals surface area contributed by atoms with E-state index in [1.807, 2.05) is 0 Å². The van der Waals surface area contributed by atoms with Crippen LogP contribution < -0.4 is 34.7 Å². The van der Waals surface area contributed by atoms with Gasteiger partial charge in [-0.05, 0) is 19.3 Å². The number of carbonyl (C=O) groups excluding carboxylic acids is 1. The van der Waals surface area contributed by atoms with Crippen LogP contribution in [0.25, 0.3) is 0 Å². The van der Waals surface area contributed by atoms with E-state index in [0.29, 0.717) is 6.42 Å². The van der Waals surface area contributed by atoms with Gasteiger partial charge in [-0.25, -0.2) is 0 Å². The summed E-state index contributed by atoms with van der Waals surface area (Å²) in [6.07, 6.45) is 16.7. The quantitative estimate of drug-likeness (QED) is 0.214. The first-order chi connectivity index (χ1) is 11.4. The molecule has 0 amide bonds. The average Bonchev–Trinajstić information content (AvgIpc) is 2.49. The van der Waals surface area contributed by atoms with Gasteiger partial charge in [0, 0.05) is 5.97 Å². The van der Waals surface area contributed by atoms with Crippen LogP contribution in [0.3, 0.4) is 0 Å². The van der Waals surface area contributed by atoms with Crippen LogP contribution in [-0.4, -0.2) is 24.7 Å². The zero-order valence-electron chi connectivity index (χ0n) is 16.0. The maximum atomic E-state index is 10.5. The van der Waals surface area contributed by atoms with Crippen LogP contribution in [0.1, 0.15) is 103 Å². The fourth-order valence-corrected chi connectivity index (χ4v) is 3.42. The van der Waals surface area contributed by atoms with Crippen LogP contribution >= 0.6 is 0 Å². The Hall–Kier alpha value is 0.380. The van der Waals surface area contributed by atoms with Crippen molar-refractivity contribution in [2.75, 3.05) is 5.75 Å². The van der Waals surface area contributed by atoms with Crippen molar-refractivity contribution in [2.24, 2.45) is 0 Å². The third-order valence-electron chi connectivity index (χ3n) is 4.28. The van der Waals surface area contributed by atoms with E-state index in [4.69, 9.17) is 4.55 Å². The monoisotopic (exact) mass is 386 g/mol. The van der Waals surface area contributed by atoms with Gasteiger partial charge < -0.3 is 9.90 Å². The minimum atomic E-state index is -3.77. The van der Waals surface area contributed by atoms with Crippen LogP contribution in [0.2, 0.25) is 0 Å². The van der Waals surface area contributed by atoms with Crippen molar-refractivity contribution in [3.8, 4) is 0 Å². The molecule has 0 aliphatic heterocycles. The van der Waals surface area contributed by atoms with Crippen molar-refractivity contribution in [1.29, 1.82) is 0 Å². The standard InChI is InChI=1S/C18H36O5S.Na/c19-18(20)16-14-12-10-8-6-4-2-1-3-5-7-9-11-13-15-17-24(21,22)23;/h1-17H2,(H,19,20)(H,21,22,23);/q;+1/p-1. The summed E-state index contributed by atoms with van der Waals surface area (Å²) in [6.45, 7) is 0. The van der Waals surface area contributed by atoms with E-state index in [2.05, 4.69) is 0 Å². The van der Waals surface area contributed by atoms with Crippen LogP contribution in [-0.2, 0) is 14.9 Å². The van der Waals surface area contributed by atoms with Gasteiger partial charge in [-0.2, -0.15) is 8.42 Å². The molecule has 0 unspecified atom stereocenters. The van der Waals surface area contributed by atoms with Crippen LogP contribution in [0.4, 0.5) is 0 Å². The molecule has 0 aromatic carbocycles. The molecular formula is C18H35NaO5S. The largest absolute Gasteiger partial charge is 1.00 e. The molecule has 0 fully saturated rings. The third-order valence-corrected chi connectivity index (χ3v) is 5.09. The maximum absolute atomic E-state index is 10.5. The number of hydrogen-bond acceptors (Lipinski definition) is 4. The zero-order chi connectivity index (χ0) is 18.1. The minimum Gasteiger partial charge on any atom is -0.550 e. The Morgan fingerprint density at radius 1 is 0.640 bits per heavy atom. The van der Waals surface area contributed by atoms with Crippen LogP contribution in [0.15, 0.2) is 0 Å². The second-order valence-corrected chi connectivity index (χ2v) is 8.28. The normalized spacial score (nSPS) is 11.2. The maximum Gasteiger partial charge on any atom is 1.00 e. The molecular weight excluding hydrogens is 351 g/mol. The van der Waals surface area contributed by atoms with Crippen molar-refractivity contribution < 1.29 is 52.4 Å². The van der Waals surface area contributed by atoms with Gasteiger partial charge in [0.25, 0.3) is 10.1 Å². The Labute approximate surface area is 176 Å². The van der Waals surface area contributed by atoms with Crippen molar-refractivity contribution in [3.05, 3.63) is 0 Å². The predicted octanol–water partition coefficient (Wildman–Crippen LogP) is 0.870. The predicted molar refractivity (Wildman–Crippen MR) is 95.3 cm³/mol. The molecule has 0 saturated carbocycles. The molecule has 0 radical (unpaired) electrons. The van der Waals surface area contributed by atoms with Crippen LogP contribution in [0.5, 0.6) is 0 Å². The Balaban J connectivity index is 0. The molecule has 144 valence electrons. The van der Waals surface area contributed by atoms with E-state index in [-0.39, 0.29) is 41.7 Å². The van der Waals surface area contributed by atoms with Gasteiger partial charge in [0.2, 0.25) is 0 Å². The van der Waals surface area contributed by atoms with E-state index < -0.39 is 16.1 Å². The Bertz CT molecular complexity index is 398. The summed E-state index contributed by atoms with van der Waals surface area (Å²) in [7, 11) is -3.77.